The Morgan fingerprint density at radius 1 is 0.667 bits per heavy atom. The van der Waals surface area contributed by atoms with Crippen molar-refractivity contribution in [3.63, 3.8) is 0 Å². The zero-order valence-corrected chi connectivity index (χ0v) is 13.5. The van der Waals surface area contributed by atoms with E-state index in [0.717, 1.165) is 27.7 Å². The molecular formula is C9H17F3O11S. The molecule has 24 heavy (non-hydrogen) atoms. The lowest BCUT2D eigenvalue weighted by Gasteiger charge is -1.97. The Hall–Kier alpha value is -2.42. The van der Waals surface area contributed by atoms with Crippen LogP contribution in [0, 0.1) is 0 Å². The Morgan fingerprint density at radius 3 is 0.708 bits per heavy atom. The quantitative estimate of drug-likeness (QED) is 0.288. The lowest BCUT2D eigenvalue weighted by molar-refractivity contribution is -0.135. The molecule has 0 rings (SSSR count). The summed E-state index contributed by atoms with van der Waals surface area (Å²) in [4.78, 5) is 36.0. The number of halogens is 3. The fourth-order valence-corrected chi connectivity index (χ4v) is 0. The third-order valence-corrected chi connectivity index (χ3v) is 0.877. The van der Waals surface area contributed by atoms with Crippen LogP contribution in [0.1, 0.15) is 27.7 Å². The van der Waals surface area contributed by atoms with Crippen molar-refractivity contribution in [2.45, 2.75) is 33.2 Å². The summed E-state index contributed by atoms with van der Waals surface area (Å²) in [5, 5.41) is 29.7. The number of aliphatic carboxylic acids is 4. The van der Waals surface area contributed by atoms with Crippen molar-refractivity contribution in [1.29, 1.82) is 0 Å². The van der Waals surface area contributed by atoms with Crippen LogP contribution in [-0.2, 0) is 29.3 Å². The van der Waals surface area contributed by atoms with E-state index in [0.29, 0.717) is 0 Å². The van der Waals surface area contributed by atoms with Crippen LogP contribution in [0.15, 0.2) is 0 Å². The van der Waals surface area contributed by atoms with Gasteiger partial charge in [0.05, 0.1) is 0 Å². The SMILES string of the molecule is CC(=O)O.CC(=O)O.CC(=O)O.CC(=O)O.O=S(=O)(O)C(F)(F)F. The van der Waals surface area contributed by atoms with E-state index in [9.17, 15) is 13.2 Å². The van der Waals surface area contributed by atoms with Gasteiger partial charge in [-0.2, -0.15) is 21.6 Å². The van der Waals surface area contributed by atoms with E-state index in [1.54, 1.807) is 0 Å². The molecule has 15 heteroatoms. The normalized spacial score (nSPS) is 8.83. The Morgan fingerprint density at radius 2 is 0.708 bits per heavy atom. The first-order valence-electron chi connectivity index (χ1n) is 5.00. The number of hydrogen-bond acceptors (Lipinski definition) is 6. The van der Waals surface area contributed by atoms with Crippen molar-refractivity contribution in [2.75, 3.05) is 0 Å². The zero-order valence-electron chi connectivity index (χ0n) is 12.7. The van der Waals surface area contributed by atoms with Gasteiger partial charge in [0.15, 0.2) is 0 Å². The highest BCUT2D eigenvalue weighted by atomic mass is 32.2. The number of carbonyl (C=O) groups is 4. The predicted octanol–water partition coefficient (Wildman–Crippen LogP) is 0.758. The Bertz CT molecular complexity index is 417. The van der Waals surface area contributed by atoms with E-state index in [4.69, 9.17) is 52.6 Å². The molecule has 0 aliphatic carbocycles. The van der Waals surface area contributed by atoms with Gasteiger partial charge >= 0.3 is 15.6 Å². The zero-order chi connectivity index (χ0) is 21.3. The molecule has 0 spiro atoms. The monoisotopic (exact) mass is 390 g/mol. The molecule has 0 bridgehead atoms. The highest BCUT2D eigenvalue weighted by Gasteiger charge is 2.44. The van der Waals surface area contributed by atoms with Gasteiger partial charge in [-0.3, -0.25) is 23.7 Å². The summed E-state index contributed by atoms with van der Waals surface area (Å²) in [6, 6.07) is 0. The highest BCUT2D eigenvalue weighted by Crippen LogP contribution is 2.20. The third-order valence-electron chi connectivity index (χ3n) is 0.292. The third kappa shape index (κ3) is 156. The molecule has 5 N–H and O–H groups in total. The van der Waals surface area contributed by atoms with Crippen LogP contribution >= 0.6 is 0 Å². The molecule has 0 aliphatic rings. The number of rotatable bonds is 0. The molecule has 0 aliphatic heterocycles. The van der Waals surface area contributed by atoms with E-state index in [1.807, 2.05) is 0 Å². The molecule has 146 valence electrons. The maximum atomic E-state index is 10.7. The van der Waals surface area contributed by atoms with Crippen molar-refractivity contribution >= 4 is 34.0 Å². The van der Waals surface area contributed by atoms with Crippen LogP contribution in [0.25, 0.3) is 0 Å². The van der Waals surface area contributed by atoms with E-state index < -0.39 is 39.5 Å². The minimum absolute atomic E-state index is 0.833. The summed E-state index contributed by atoms with van der Waals surface area (Å²) < 4.78 is 57.5. The molecule has 0 aromatic carbocycles. The molecule has 0 fully saturated rings. The molecule has 0 amide bonds. The minimum Gasteiger partial charge on any atom is -0.481 e. The van der Waals surface area contributed by atoms with E-state index in [-0.39, 0.29) is 0 Å². The smallest absolute Gasteiger partial charge is 0.481 e. The second kappa shape index (κ2) is 16.9. The molecule has 0 heterocycles. The average Bonchev–Trinajstić information content (AvgIpc) is 2.08. The highest BCUT2D eigenvalue weighted by molar-refractivity contribution is 7.86. The maximum Gasteiger partial charge on any atom is 0.522 e. The largest absolute Gasteiger partial charge is 0.522 e. The first-order valence-corrected chi connectivity index (χ1v) is 6.44. The first kappa shape index (κ1) is 33.2. The molecule has 0 aromatic heterocycles. The Kier molecular flexibility index (Phi) is 23.5. The van der Waals surface area contributed by atoms with Gasteiger partial charge in [-0.1, -0.05) is 0 Å². The molecular weight excluding hydrogens is 373 g/mol. The lowest BCUT2D eigenvalue weighted by Crippen LogP contribution is -2.21. The molecule has 0 radical (unpaired) electrons. The maximum absolute atomic E-state index is 10.7. The summed E-state index contributed by atoms with van der Waals surface area (Å²) in [5.41, 5.74) is -5.53. The summed E-state index contributed by atoms with van der Waals surface area (Å²) in [6.45, 7) is 4.33. The second-order valence-electron chi connectivity index (χ2n) is 3.00. The van der Waals surface area contributed by atoms with Crippen LogP contribution in [-0.4, -0.2) is 62.8 Å². The number of carboxylic acid groups (broad SMARTS) is 4. The fraction of sp³-hybridized carbons (Fsp3) is 0.556. The van der Waals surface area contributed by atoms with Gasteiger partial charge in [-0.25, -0.2) is 0 Å². The van der Waals surface area contributed by atoms with Gasteiger partial charge in [0, 0.05) is 27.7 Å². The average molecular weight is 390 g/mol. The topological polar surface area (TPSA) is 204 Å². The van der Waals surface area contributed by atoms with Gasteiger partial charge in [-0.15, -0.1) is 0 Å². The van der Waals surface area contributed by atoms with Gasteiger partial charge in [0.1, 0.15) is 0 Å². The standard InChI is InChI=1S/4C2H4O2.CHF3O3S/c4*1-2(3)4;2-1(3,4)8(5,6)7/h4*1H3,(H,3,4);(H,5,6,7). The van der Waals surface area contributed by atoms with Crippen LogP contribution in [0.5, 0.6) is 0 Å². The van der Waals surface area contributed by atoms with E-state index in [2.05, 4.69) is 0 Å². The van der Waals surface area contributed by atoms with Crippen molar-refractivity contribution in [3.8, 4) is 0 Å². The molecule has 0 saturated heterocycles. The van der Waals surface area contributed by atoms with Crippen molar-refractivity contribution < 1.29 is 65.7 Å². The second-order valence-corrected chi connectivity index (χ2v) is 4.41. The summed E-state index contributed by atoms with van der Waals surface area (Å²) in [6.07, 6.45) is 0. The fourth-order valence-electron chi connectivity index (χ4n) is 0. The van der Waals surface area contributed by atoms with Crippen LogP contribution in [0.2, 0.25) is 0 Å². The predicted molar refractivity (Wildman–Crippen MR) is 70.8 cm³/mol. The van der Waals surface area contributed by atoms with Gasteiger partial charge in [-0.05, 0) is 0 Å². The Labute approximate surface area is 134 Å². The van der Waals surface area contributed by atoms with E-state index in [1.165, 1.54) is 0 Å². The number of carboxylic acids is 4. The van der Waals surface area contributed by atoms with Crippen molar-refractivity contribution in [2.24, 2.45) is 0 Å². The lowest BCUT2D eigenvalue weighted by atomic mass is 10.9. The molecule has 11 nitrogen and oxygen atoms in total. The minimum atomic E-state index is -5.84. The summed E-state index contributed by atoms with van der Waals surface area (Å²) >= 11 is 0. The molecule has 0 atom stereocenters. The molecule has 0 saturated carbocycles. The first-order chi connectivity index (χ1) is 10.2. The van der Waals surface area contributed by atoms with Crippen molar-refractivity contribution in [1.82, 2.24) is 0 Å². The Balaban J connectivity index is -0.0000000657. The van der Waals surface area contributed by atoms with Crippen LogP contribution in [0.4, 0.5) is 13.2 Å². The number of hydrogen-bond donors (Lipinski definition) is 5. The van der Waals surface area contributed by atoms with Gasteiger partial charge < -0.3 is 20.4 Å². The van der Waals surface area contributed by atoms with E-state index >= 15 is 0 Å². The molecule has 0 unspecified atom stereocenters. The summed E-state index contributed by atoms with van der Waals surface area (Å²) in [7, 11) is -5.84. The van der Waals surface area contributed by atoms with Crippen molar-refractivity contribution in [3.05, 3.63) is 0 Å². The molecule has 0 aromatic rings. The van der Waals surface area contributed by atoms with Gasteiger partial charge in [0.25, 0.3) is 23.9 Å². The summed E-state index contributed by atoms with van der Waals surface area (Å²) in [5.74, 6) is -3.33. The number of alkyl halides is 3. The van der Waals surface area contributed by atoms with Crippen LogP contribution in [0.3, 0.4) is 0 Å². The van der Waals surface area contributed by atoms with Gasteiger partial charge in [0.2, 0.25) is 0 Å². The van der Waals surface area contributed by atoms with Crippen LogP contribution < -0.4 is 0 Å².